The summed E-state index contributed by atoms with van der Waals surface area (Å²) < 4.78 is 0. The van der Waals surface area contributed by atoms with E-state index < -0.39 is 12.0 Å². The number of rotatable bonds is 5. The molecule has 1 aromatic carbocycles. The minimum Gasteiger partial charge on any atom is -0.480 e. The third-order valence-electron chi connectivity index (χ3n) is 2.08. The maximum atomic E-state index is 10.9. The highest BCUT2D eigenvalue weighted by Gasteiger charge is 2.16. The maximum absolute atomic E-state index is 10.9. The SMILES string of the molecule is CCCC(Nc1ccccc1Cl)C(=O)O. The summed E-state index contributed by atoms with van der Waals surface area (Å²) in [5, 5.41) is 12.4. The molecule has 1 atom stereocenters. The van der Waals surface area contributed by atoms with Crippen molar-refractivity contribution in [3.63, 3.8) is 0 Å². The summed E-state index contributed by atoms with van der Waals surface area (Å²) >= 11 is 5.92. The van der Waals surface area contributed by atoms with E-state index in [-0.39, 0.29) is 0 Å². The van der Waals surface area contributed by atoms with Crippen LogP contribution in [0.3, 0.4) is 0 Å². The average molecular weight is 228 g/mol. The zero-order chi connectivity index (χ0) is 11.3. The first-order valence-corrected chi connectivity index (χ1v) is 5.26. The van der Waals surface area contributed by atoms with Crippen molar-refractivity contribution < 1.29 is 9.90 Å². The van der Waals surface area contributed by atoms with Gasteiger partial charge in [-0.05, 0) is 18.6 Å². The smallest absolute Gasteiger partial charge is 0.326 e. The molecule has 0 saturated carbocycles. The molecule has 82 valence electrons. The normalized spacial score (nSPS) is 12.1. The zero-order valence-electron chi connectivity index (χ0n) is 8.53. The number of nitrogens with one attached hydrogen (secondary N) is 1. The van der Waals surface area contributed by atoms with E-state index >= 15 is 0 Å². The number of para-hydroxylation sites is 1. The van der Waals surface area contributed by atoms with E-state index in [1.165, 1.54) is 0 Å². The van der Waals surface area contributed by atoms with Gasteiger partial charge in [-0.3, -0.25) is 0 Å². The molecule has 1 unspecified atom stereocenters. The summed E-state index contributed by atoms with van der Waals surface area (Å²) in [5.41, 5.74) is 0.667. The van der Waals surface area contributed by atoms with Gasteiger partial charge < -0.3 is 10.4 Å². The molecule has 0 aliphatic carbocycles. The maximum Gasteiger partial charge on any atom is 0.326 e. The molecule has 0 aromatic heterocycles. The number of carboxylic acids is 1. The first-order valence-electron chi connectivity index (χ1n) is 4.89. The summed E-state index contributed by atoms with van der Waals surface area (Å²) in [6, 6.07) is 6.56. The van der Waals surface area contributed by atoms with Crippen LogP contribution in [-0.2, 0) is 4.79 Å². The molecule has 0 fully saturated rings. The van der Waals surface area contributed by atoms with Crippen molar-refractivity contribution in [1.29, 1.82) is 0 Å². The zero-order valence-corrected chi connectivity index (χ0v) is 9.29. The highest BCUT2D eigenvalue weighted by Crippen LogP contribution is 2.22. The molecule has 0 aliphatic rings. The molecular weight excluding hydrogens is 214 g/mol. The van der Waals surface area contributed by atoms with E-state index in [0.29, 0.717) is 17.1 Å². The van der Waals surface area contributed by atoms with E-state index in [1.54, 1.807) is 12.1 Å². The van der Waals surface area contributed by atoms with Gasteiger partial charge in [0.15, 0.2) is 0 Å². The Balaban J connectivity index is 2.74. The molecule has 0 saturated heterocycles. The van der Waals surface area contributed by atoms with Crippen LogP contribution in [0.25, 0.3) is 0 Å². The van der Waals surface area contributed by atoms with Crippen LogP contribution < -0.4 is 5.32 Å². The Morgan fingerprint density at radius 2 is 2.20 bits per heavy atom. The van der Waals surface area contributed by atoms with E-state index in [1.807, 2.05) is 19.1 Å². The fourth-order valence-electron chi connectivity index (χ4n) is 1.31. The predicted octanol–water partition coefficient (Wildman–Crippen LogP) is 3.01. The highest BCUT2D eigenvalue weighted by atomic mass is 35.5. The van der Waals surface area contributed by atoms with Gasteiger partial charge in [-0.15, -0.1) is 0 Å². The van der Waals surface area contributed by atoms with Gasteiger partial charge in [0.25, 0.3) is 0 Å². The van der Waals surface area contributed by atoms with Gasteiger partial charge in [0, 0.05) is 0 Å². The molecule has 1 aromatic rings. The van der Waals surface area contributed by atoms with Gasteiger partial charge in [-0.25, -0.2) is 4.79 Å². The number of aliphatic carboxylic acids is 1. The molecule has 0 bridgehead atoms. The monoisotopic (exact) mass is 227 g/mol. The molecule has 15 heavy (non-hydrogen) atoms. The molecule has 0 spiro atoms. The predicted molar refractivity (Wildman–Crippen MR) is 61.4 cm³/mol. The second-order valence-corrected chi connectivity index (χ2v) is 3.71. The van der Waals surface area contributed by atoms with E-state index in [4.69, 9.17) is 16.7 Å². The number of benzene rings is 1. The summed E-state index contributed by atoms with van der Waals surface area (Å²) in [6.45, 7) is 1.95. The Morgan fingerprint density at radius 1 is 1.53 bits per heavy atom. The Morgan fingerprint density at radius 3 is 2.73 bits per heavy atom. The minimum atomic E-state index is -0.850. The van der Waals surface area contributed by atoms with Crippen molar-refractivity contribution in [2.75, 3.05) is 5.32 Å². The van der Waals surface area contributed by atoms with Gasteiger partial charge in [-0.1, -0.05) is 37.1 Å². The summed E-state index contributed by atoms with van der Waals surface area (Å²) in [4.78, 5) is 10.9. The first kappa shape index (κ1) is 11.9. The quantitative estimate of drug-likeness (QED) is 0.813. The molecule has 1 rings (SSSR count). The van der Waals surface area contributed by atoms with E-state index in [9.17, 15) is 4.79 Å². The second kappa shape index (κ2) is 5.61. The van der Waals surface area contributed by atoms with Crippen molar-refractivity contribution in [2.45, 2.75) is 25.8 Å². The second-order valence-electron chi connectivity index (χ2n) is 3.30. The lowest BCUT2D eigenvalue weighted by molar-refractivity contribution is -0.138. The third kappa shape index (κ3) is 3.44. The summed E-state index contributed by atoms with van der Waals surface area (Å²) in [7, 11) is 0. The van der Waals surface area contributed by atoms with Crippen molar-refractivity contribution >= 4 is 23.3 Å². The molecule has 3 nitrogen and oxygen atoms in total. The van der Waals surface area contributed by atoms with Gasteiger partial charge in [-0.2, -0.15) is 0 Å². The molecule has 2 N–H and O–H groups in total. The van der Waals surface area contributed by atoms with Crippen molar-refractivity contribution in [2.24, 2.45) is 0 Å². The number of hydrogen-bond donors (Lipinski definition) is 2. The Labute approximate surface area is 94.1 Å². The van der Waals surface area contributed by atoms with Crippen LogP contribution in [0.2, 0.25) is 5.02 Å². The molecule has 0 amide bonds. The van der Waals surface area contributed by atoms with Gasteiger partial charge in [0.05, 0.1) is 10.7 Å². The van der Waals surface area contributed by atoms with Crippen LogP contribution >= 0.6 is 11.6 Å². The van der Waals surface area contributed by atoms with E-state index in [0.717, 1.165) is 6.42 Å². The highest BCUT2D eigenvalue weighted by molar-refractivity contribution is 6.33. The number of anilines is 1. The van der Waals surface area contributed by atoms with Crippen LogP contribution in [0, 0.1) is 0 Å². The van der Waals surface area contributed by atoms with Crippen LogP contribution in [0.5, 0.6) is 0 Å². The number of carboxylic acid groups (broad SMARTS) is 1. The molecule has 4 heteroatoms. The molecule has 0 heterocycles. The van der Waals surface area contributed by atoms with Crippen LogP contribution in [0.4, 0.5) is 5.69 Å². The molecule has 0 radical (unpaired) electrons. The van der Waals surface area contributed by atoms with E-state index in [2.05, 4.69) is 5.32 Å². The third-order valence-corrected chi connectivity index (χ3v) is 2.41. The van der Waals surface area contributed by atoms with Gasteiger partial charge >= 0.3 is 5.97 Å². The summed E-state index contributed by atoms with van der Waals surface area (Å²) in [5.74, 6) is -0.850. The number of hydrogen-bond acceptors (Lipinski definition) is 2. The average Bonchev–Trinajstić information content (AvgIpc) is 2.20. The lowest BCUT2D eigenvalue weighted by atomic mass is 10.1. The largest absolute Gasteiger partial charge is 0.480 e. The standard InChI is InChI=1S/C11H14ClNO2/c1-2-5-10(11(14)15)13-9-7-4-3-6-8(9)12/h3-4,6-7,10,13H,2,5H2,1H3,(H,14,15). The van der Waals surface area contributed by atoms with Crippen LogP contribution in [-0.4, -0.2) is 17.1 Å². The Bertz CT molecular complexity index is 341. The lowest BCUT2D eigenvalue weighted by Crippen LogP contribution is -2.29. The van der Waals surface area contributed by atoms with Crippen molar-refractivity contribution in [1.82, 2.24) is 0 Å². The van der Waals surface area contributed by atoms with Crippen molar-refractivity contribution in [3.05, 3.63) is 29.3 Å². The van der Waals surface area contributed by atoms with Gasteiger partial charge in [0.1, 0.15) is 6.04 Å². The fraction of sp³-hybridized carbons (Fsp3) is 0.364. The molecule has 0 aliphatic heterocycles. The summed E-state index contributed by atoms with van der Waals surface area (Å²) in [6.07, 6.45) is 1.40. The Kier molecular flexibility index (Phi) is 4.43. The number of carbonyl (C=O) groups is 1. The first-order chi connectivity index (χ1) is 7.15. The van der Waals surface area contributed by atoms with Crippen molar-refractivity contribution in [3.8, 4) is 0 Å². The lowest BCUT2D eigenvalue weighted by Gasteiger charge is -2.15. The topological polar surface area (TPSA) is 49.3 Å². The fourth-order valence-corrected chi connectivity index (χ4v) is 1.50. The molecular formula is C11H14ClNO2. The van der Waals surface area contributed by atoms with Crippen LogP contribution in [0.15, 0.2) is 24.3 Å². The Hall–Kier alpha value is -1.22. The minimum absolute atomic E-state index is 0.542. The van der Waals surface area contributed by atoms with Crippen LogP contribution in [0.1, 0.15) is 19.8 Å². The number of halogens is 1. The van der Waals surface area contributed by atoms with Gasteiger partial charge in [0.2, 0.25) is 0 Å².